The molecule has 1 amide bonds. The second kappa shape index (κ2) is 8.70. The number of nitrogens with zero attached hydrogens (tertiary/aromatic N) is 1. The maximum atomic E-state index is 13.3. The van der Waals surface area contributed by atoms with Gasteiger partial charge in [-0.3, -0.25) is 9.59 Å². The first-order valence-corrected chi connectivity index (χ1v) is 11.0. The van der Waals surface area contributed by atoms with Crippen LogP contribution in [0.25, 0.3) is 10.9 Å². The van der Waals surface area contributed by atoms with Gasteiger partial charge in [0.2, 0.25) is 5.91 Å². The third kappa shape index (κ3) is 4.55. The molecule has 4 rings (SSSR count). The van der Waals surface area contributed by atoms with Gasteiger partial charge in [-0.2, -0.15) is 0 Å². The number of aromatic amines is 1. The van der Waals surface area contributed by atoms with Crippen molar-refractivity contribution in [3.63, 3.8) is 0 Å². The van der Waals surface area contributed by atoms with Gasteiger partial charge in [0.25, 0.3) is 5.56 Å². The zero-order chi connectivity index (χ0) is 20.4. The number of fused-ring (bicyclic) bond motifs is 1. The first-order chi connectivity index (χ1) is 14.0. The van der Waals surface area contributed by atoms with E-state index in [1.54, 1.807) is 0 Å². The Bertz CT molecular complexity index is 937. The summed E-state index contributed by atoms with van der Waals surface area (Å²) in [7, 11) is 0. The van der Waals surface area contributed by atoms with Crippen molar-refractivity contribution in [2.24, 2.45) is 5.92 Å². The molecular formula is C24H32N2O3. The Morgan fingerprint density at radius 1 is 1.10 bits per heavy atom. The van der Waals surface area contributed by atoms with E-state index in [0.29, 0.717) is 18.7 Å². The molecule has 5 heteroatoms. The molecule has 5 nitrogen and oxygen atoms in total. The number of carbonyl (C=O) groups excluding carboxylic acids is 1. The van der Waals surface area contributed by atoms with Crippen LogP contribution in [0.1, 0.15) is 61.6 Å². The molecule has 0 radical (unpaired) electrons. The monoisotopic (exact) mass is 396 g/mol. The molecule has 1 atom stereocenters. The van der Waals surface area contributed by atoms with E-state index in [1.165, 1.54) is 6.42 Å². The number of pyridine rings is 1. The average molecular weight is 397 g/mol. The lowest BCUT2D eigenvalue weighted by molar-refractivity contribution is -0.138. The maximum absolute atomic E-state index is 13.3. The lowest BCUT2D eigenvalue weighted by atomic mass is 9.88. The molecule has 1 saturated heterocycles. The van der Waals surface area contributed by atoms with Crippen LogP contribution < -0.4 is 5.56 Å². The summed E-state index contributed by atoms with van der Waals surface area (Å²) in [5.41, 5.74) is 3.69. The smallest absolute Gasteiger partial charge is 0.253 e. The molecule has 1 saturated carbocycles. The predicted octanol–water partition coefficient (Wildman–Crippen LogP) is 4.23. The van der Waals surface area contributed by atoms with Crippen LogP contribution in [0.4, 0.5) is 0 Å². The van der Waals surface area contributed by atoms with Gasteiger partial charge in [0.1, 0.15) is 0 Å². The van der Waals surface area contributed by atoms with Gasteiger partial charge in [-0.15, -0.1) is 0 Å². The number of H-pyrrole nitrogens is 1. The van der Waals surface area contributed by atoms with Gasteiger partial charge in [-0.25, -0.2) is 0 Å². The Kier molecular flexibility index (Phi) is 6.04. The summed E-state index contributed by atoms with van der Waals surface area (Å²) in [5, 5.41) is 1.05. The summed E-state index contributed by atoms with van der Waals surface area (Å²) in [5.74, 6) is 0.286. The quantitative estimate of drug-likeness (QED) is 0.822. The SMILES string of the molecule is Cc1cc(C)c2cc(CN(CC3CCCO3)C(=O)C3CCCCC3)c(=O)[nH]c2c1. The van der Waals surface area contributed by atoms with Gasteiger partial charge in [-0.05, 0) is 62.8 Å². The number of rotatable bonds is 5. The van der Waals surface area contributed by atoms with Crippen LogP contribution in [0.5, 0.6) is 0 Å². The number of aromatic nitrogens is 1. The molecule has 0 bridgehead atoms. The van der Waals surface area contributed by atoms with Crippen molar-refractivity contribution in [2.45, 2.75) is 71.4 Å². The zero-order valence-corrected chi connectivity index (χ0v) is 17.6. The van der Waals surface area contributed by atoms with Crippen molar-refractivity contribution >= 4 is 16.8 Å². The van der Waals surface area contributed by atoms with Gasteiger partial charge in [0, 0.05) is 35.5 Å². The molecule has 156 valence electrons. The minimum Gasteiger partial charge on any atom is -0.376 e. The third-order valence-corrected chi connectivity index (χ3v) is 6.46. The second-order valence-electron chi connectivity index (χ2n) is 8.86. The fourth-order valence-corrected chi connectivity index (χ4v) is 4.91. The molecule has 2 aromatic rings. The fourth-order valence-electron chi connectivity index (χ4n) is 4.91. The minimum atomic E-state index is -0.101. The minimum absolute atomic E-state index is 0.0893. The van der Waals surface area contributed by atoms with Gasteiger partial charge < -0.3 is 14.6 Å². The highest BCUT2D eigenvalue weighted by atomic mass is 16.5. The standard InChI is InChI=1S/C24H32N2O3/c1-16-11-17(2)21-13-19(23(27)25-22(21)12-16)14-26(15-20-9-6-10-29-20)24(28)18-7-4-3-5-8-18/h11-13,18,20H,3-10,14-15H2,1-2H3,(H,25,27). The maximum Gasteiger partial charge on any atom is 0.253 e. The van der Waals surface area contributed by atoms with E-state index >= 15 is 0 Å². The van der Waals surface area contributed by atoms with E-state index in [-0.39, 0.29) is 23.5 Å². The number of ether oxygens (including phenoxy) is 1. The third-order valence-electron chi connectivity index (χ3n) is 6.46. The van der Waals surface area contributed by atoms with Crippen LogP contribution in [0.2, 0.25) is 0 Å². The van der Waals surface area contributed by atoms with Gasteiger partial charge in [-0.1, -0.05) is 25.3 Å². The summed E-state index contributed by atoms with van der Waals surface area (Å²) < 4.78 is 5.81. The number of benzene rings is 1. The summed E-state index contributed by atoms with van der Waals surface area (Å²) in [6, 6.07) is 6.10. The van der Waals surface area contributed by atoms with E-state index in [9.17, 15) is 9.59 Å². The summed E-state index contributed by atoms with van der Waals surface area (Å²) in [6.07, 6.45) is 7.52. The molecule has 2 fully saturated rings. The van der Waals surface area contributed by atoms with Crippen molar-refractivity contribution in [2.75, 3.05) is 13.2 Å². The normalized spacial score (nSPS) is 20.3. The molecule has 1 N–H and O–H groups in total. The van der Waals surface area contributed by atoms with Crippen LogP contribution in [-0.4, -0.2) is 35.0 Å². The lowest BCUT2D eigenvalue weighted by Gasteiger charge is -2.31. The lowest BCUT2D eigenvalue weighted by Crippen LogP contribution is -2.42. The van der Waals surface area contributed by atoms with Gasteiger partial charge in [0.15, 0.2) is 0 Å². The number of amides is 1. The molecule has 2 heterocycles. The van der Waals surface area contributed by atoms with Crippen molar-refractivity contribution in [3.05, 3.63) is 45.2 Å². The van der Waals surface area contributed by atoms with E-state index < -0.39 is 0 Å². The number of nitrogens with one attached hydrogen (secondary N) is 1. The van der Waals surface area contributed by atoms with Crippen molar-refractivity contribution in [3.8, 4) is 0 Å². The highest BCUT2D eigenvalue weighted by molar-refractivity contribution is 5.83. The van der Waals surface area contributed by atoms with Crippen molar-refractivity contribution in [1.82, 2.24) is 9.88 Å². The second-order valence-corrected chi connectivity index (χ2v) is 8.86. The van der Waals surface area contributed by atoms with Crippen LogP contribution in [-0.2, 0) is 16.1 Å². The Labute approximate surface area is 172 Å². The average Bonchev–Trinajstić information content (AvgIpc) is 3.21. The molecule has 1 aromatic heterocycles. The Morgan fingerprint density at radius 2 is 1.90 bits per heavy atom. The Hall–Kier alpha value is -2.14. The fraction of sp³-hybridized carbons (Fsp3) is 0.583. The molecule has 1 aliphatic heterocycles. The van der Waals surface area contributed by atoms with E-state index in [2.05, 4.69) is 18.0 Å². The van der Waals surface area contributed by atoms with Crippen LogP contribution in [0.3, 0.4) is 0 Å². The van der Waals surface area contributed by atoms with Crippen molar-refractivity contribution in [1.29, 1.82) is 0 Å². The van der Waals surface area contributed by atoms with Crippen LogP contribution in [0.15, 0.2) is 23.0 Å². The number of hydrogen-bond donors (Lipinski definition) is 1. The van der Waals surface area contributed by atoms with Crippen LogP contribution in [0, 0.1) is 19.8 Å². The highest BCUT2D eigenvalue weighted by Crippen LogP contribution is 2.27. The molecule has 1 aromatic carbocycles. The summed E-state index contributed by atoms with van der Waals surface area (Å²) in [6.45, 7) is 5.80. The highest BCUT2D eigenvalue weighted by Gasteiger charge is 2.29. The largest absolute Gasteiger partial charge is 0.376 e. The summed E-state index contributed by atoms with van der Waals surface area (Å²) >= 11 is 0. The van der Waals surface area contributed by atoms with Crippen molar-refractivity contribution < 1.29 is 9.53 Å². The van der Waals surface area contributed by atoms with E-state index in [0.717, 1.165) is 67.2 Å². The summed E-state index contributed by atoms with van der Waals surface area (Å²) in [4.78, 5) is 31.1. The number of carbonyl (C=O) groups is 1. The van der Waals surface area contributed by atoms with Gasteiger partial charge in [0.05, 0.1) is 12.6 Å². The zero-order valence-electron chi connectivity index (χ0n) is 17.6. The topological polar surface area (TPSA) is 62.4 Å². The molecule has 2 aliphatic rings. The number of hydrogen-bond acceptors (Lipinski definition) is 3. The van der Waals surface area contributed by atoms with E-state index in [4.69, 9.17) is 4.74 Å². The Balaban J connectivity index is 1.63. The molecule has 0 spiro atoms. The first-order valence-electron chi connectivity index (χ1n) is 11.0. The molecule has 29 heavy (non-hydrogen) atoms. The molecule has 1 aliphatic carbocycles. The van der Waals surface area contributed by atoms with Gasteiger partial charge >= 0.3 is 0 Å². The van der Waals surface area contributed by atoms with Crippen LogP contribution >= 0.6 is 0 Å². The molecular weight excluding hydrogens is 364 g/mol. The Morgan fingerprint density at radius 3 is 2.62 bits per heavy atom. The number of aryl methyl sites for hydroxylation is 2. The first kappa shape index (κ1) is 20.1. The molecule has 1 unspecified atom stereocenters. The predicted molar refractivity (Wildman–Crippen MR) is 115 cm³/mol. The van der Waals surface area contributed by atoms with E-state index in [1.807, 2.05) is 24.0 Å².